The van der Waals surface area contributed by atoms with E-state index in [2.05, 4.69) is 7.85 Å². The fourth-order valence-electron chi connectivity index (χ4n) is 0. The summed E-state index contributed by atoms with van der Waals surface area (Å²) >= 11 is 0. The van der Waals surface area contributed by atoms with Crippen molar-refractivity contribution in [2.24, 2.45) is 0 Å². The van der Waals surface area contributed by atoms with Crippen molar-refractivity contribution < 1.29 is 11.0 Å². The monoisotopic (exact) mass is 79.1 g/mol. The van der Waals surface area contributed by atoms with E-state index in [4.69, 9.17) is 0 Å². The van der Waals surface area contributed by atoms with Crippen LogP contribution in [0.3, 0.4) is 0 Å². The van der Waals surface area contributed by atoms with E-state index >= 15 is 0 Å². The van der Waals surface area contributed by atoms with Crippen molar-refractivity contribution in [1.29, 1.82) is 0 Å². The summed E-state index contributed by atoms with van der Waals surface area (Å²) in [6, 6.07) is 0. The molecule has 0 bridgehead atoms. The molecule has 0 unspecified atom stereocenters. The Bertz CT molecular complexity index is 9.61. The number of hydrogen-bond donors (Lipinski definition) is 1. The molecule has 0 saturated carbocycles. The van der Waals surface area contributed by atoms with Crippen molar-refractivity contribution in [3.63, 3.8) is 0 Å². The molecule has 0 aliphatic carbocycles. The smallest absolute Gasteiger partial charge is 0.0606 e. The van der Waals surface area contributed by atoms with Crippen LogP contribution in [0.15, 0.2) is 0 Å². The zero-order chi connectivity index (χ0) is 2.00. The molecule has 0 rings (SSSR count). The molecule has 3 nitrogen and oxygen atoms in total. The molecule has 0 aliphatic heterocycles. The zero-order valence-corrected chi connectivity index (χ0v) is 3.28. The summed E-state index contributed by atoms with van der Waals surface area (Å²) in [6.07, 6.45) is 0. The first-order valence-electron chi connectivity index (χ1n) is 0.577. The molecule has 0 spiro atoms. The van der Waals surface area contributed by atoms with Crippen LogP contribution in [-0.2, 0) is 0 Å². The Hall–Kier alpha value is -0.0551. The van der Waals surface area contributed by atoms with E-state index in [9.17, 15) is 0 Å². The maximum atomic E-state index is 4.50. The highest BCUT2D eigenvalue weighted by molar-refractivity contribution is 6.05. The van der Waals surface area contributed by atoms with E-state index in [0.717, 1.165) is 0 Å². The summed E-state index contributed by atoms with van der Waals surface area (Å²) in [7, 11) is 4.50. The summed E-state index contributed by atoms with van der Waals surface area (Å²) < 4.78 is 0. The van der Waals surface area contributed by atoms with Crippen LogP contribution in [0.1, 0.15) is 0 Å². The van der Waals surface area contributed by atoms with Crippen molar-refractivity contribution in [3.8, 4) is 0 Å². The van der Waals surface area contributed by atoms with Gasteiger partial charge in [-0.1, -0.05) is 6.82 Å². The van der Waals surface area contributed by atoms with Gasteiger partial charge in [0.15, 0.2) is 0 Å². The summed E-state index contributed by atoms with van der Waals surface area (Å²) in [5, 5.41) is 0. The van der Waals surface area contributed by atoms with Gasteiger partial charge in [0.25, 0.3) is 0 Å². The van der Waals surface area contributed by atoms with Crippen LogP contribution in [0.5, 0.6) is 0 Å². The van der Waals surface area contributed by atoms with Gasteiger partial charge >= 0.3 is 0 Å². The minimum absolute atomic E-state index is 0. The first-order chi connectivity index (χ1) is 1.00. The Kier molecular flexibility index (Phi) is 194000. The zero-order valence-electron chi connectivity index (χ0n) is 3.28. The fourth-order valence-corrected chi connectivity index (χ4v) is 0. The Morgan fingerprint density at radius 3 is 1.00 bits per heavy atom. The first kappa shape index (κ1) is 86.2. The highest BCUT2D eigenvalue weighted by atomic mass is 16.0. The minimum atomic E-state index is 0. The first-order valence-corrected chi connectivity index (χ1v) is 0.577. The molecule has 0 aromatic heterocycles. The molecular weight excluding hydrogens is 68.8 g/mol. The molecule has 0 fully saturated rings. The molecule has 0 heterocycles. The van der Waals surface area contributed by atoms with Crippen LogP contribution in [0.4, 0.5) is 0 Å². The number of hydrogen-bond acceptors (Lipinski definition) is 1. The molecule has 34 valence electrons. The second-order valence-electron chi connectivity index (χ2n) is 0. The maximum Gasteiger partial charge on any atom is 0.0606 e. The molecule has 5 heavy (non-hydrogen) atoms. The summed E-state index contributed by atoms with van der Waals surface area (Å²) in [6.45, 7) is 1.50. The van der Waals surface area contributed by atoms with Gasteiger partial charge in [-0.3, -0.25) is 0 Å². The third-order valence-corrected chi connectivity index (χ3v) is 0. The second kappa shape index (κ2) is 11300. The highest BCUT2D eigenvalue weighted by Crippen LogP contribution is 0.960. The molecule has 2 radical (unpaired) electrons. The summed E-state index contributed by atoms with van der Waals surface area (Å²) in [5.41, 5.74) is 0. The Morgan fingerprint density at radius 2 is 1.00 bits per heavy atom. The molecule has 0 aromatic carbocycles. The van der Waals surface area contributed by atoms with Gasteiger partial charge < -0.3 is 17.1 Å². The summed E-state index contributed by atoms with van der Waals surface area (Å²) in [5.74, 6) is 0. The minimum Gasteiger partial charge on any atom is -0.412 e. The molecule has 0 aliphatic rings. The molecular formula is CH10BNO2. The Balaban J connectivity index is -0.00000000167. The van der Waals surface area contributed by atoms with Gasteiger partial charge in [-0.05, 0) is 0 Å². The predicted molar refractivity (Wildman–Crippen MR) is 23.9 cm³/mol. The number of rotatable bonds is 0. The Labute approximate surface area is 33.0 Å². The lowest BCUT2D eigenvalue weighted by atomic mass is 10.2. The second-order valence-corrected chi connectivity index (χ2v) is 0. The lowest BCUT2D eigenvalue weighted by molar-refractivity contribution is 0.823. The van der Waals surface area contributed by atoms with Gasteiger partial charge in [0.05, 0.1) is 7.85 Å². The average molecular weight is 78.9 g/mol. The van der Waals surface area contributed by atoms with Gasteiger partial charge in [-0.15, -0.1) is 0 Å². The molecule has 0 atom stereocenters. The van der Waals surface area contributed by atoms with Crippen LogP contribution in [-0.4, -0.2) is 18.8 Å². The van der Waals surface area contributed by atoms with Gasteiger partial charge in [0.2, 0.25) is 0 Å². The largest absolute Gasteiger partial charge is 0.412 e. The van der Waals surface area contributed by atoms with Crippen molar-refractivity contribution >= 4 is 7.85 Å². The van der Waals surface area contributed by atoms with Crippen LogP contribution in [0.25, 0.3) is 0 Å². The quantitative estimate of drug-likeness (QED) is 0.359. The van der Waals surface area contributed by atoms with Gasteiger partial charge in [-0.2, -0.15) is 0 Å². The van der Waals surface area contributed by atoms with Crippen molar-refractivity contribution in [1.82, 2.24) is 6.15 Å². The summed E-state index contributed by atoms with van der Waals surface area (Å²) in [4.78, 5) is 0. The topological polar surface area (TPSA) is 98.0 Å². The van der Waals surface area contributed by atoms with E-state index in [0.29, 0.717) is 0 Å². The van der Waals surface area contributed by atoms with Gasteiger partial charge in [0.1, 0.15) is 0 Å². The van der Waals surface area contributed by atoms with Gasteiger partial charge in [0, 0.05) is 0 Å². The van der Waals surface area contributed by atoms with Crippen molar-refractivity contribution in [3.05, 3.63) is 0 Å². The van der Waals surface area contributed by atoms with Gasteiger partial charge in [-0.25, -0.2) is 0 Å². The average Bonchev–Trinajstić information content (AvgIpc) is 1.00. The lowest BCUT2D eigenvalue weighted by Crippen LogP contribution is -1.13. The maximum absolute atomic E-state index is 4.50. The predicted octanol–water partition coefficient (Wildman–Crippen LogP) is -1.28. The van der Waals surface area contributed by atoms with E-state index < -0.39 is 0 Å². The molecule has 0 saturated heterocycles. The van der Waals surface area contributed by atoms with Crippen LogP contribution in [0.2, 0.25) is 6.82 Å². The Morgan fingerprint density at radius 1 is 1.00 bits per heavy atom. The standard InChI is InChI=1S/CH3B.H3N.2H2O/c1-2;;;/h1H3;1H3;2*1H2. The van der Waals surface area contributed by atoms with Crippen molar-refractivity contribution in [2.45, 2.75) is 6.82 Å². The van der Waals surface area contributed by atoms with E-state index in [1.165, 1.54) is 6.82 Å². The third kappa shape index (κ3) is 4920. The van der Waals surface area contributed by atoms with E-state index in [1.54, 1.807) is 0 Å². The fraction of sp³-hybridized carbons (Fsp3) is 1.00. The third-order valence-electron chi connectivity index (χ3n) is 0. The molecule has 0 amide bonds. The van der Waals surface area contributed by atoms with E-state index in [-0.39, 0.29) is 17.1 Å². The van der Waals surface area contributed by atoms with Crippen LogP contribution in [0, 0.1) is 0 Å². The highest BCUT2D eigenvalue weighted by Gasteiger charge is 0.984. The van der Waals surface area contributed by atoms with Crippen LogP contribution < -0.4 is 6.15 Å². The SMILES string of the molecule is N.O.O.[B]C. The van der Waals surface area contributed by atoms with E-state index in [1.807, 2.05) is 0 Å². The molecule has 7 N–H and O–H groups in total. The lowest BCUT2D eigenvalue weighted by Gasteiger charge is -1.02. The van der Waals surface area contributed by atoms with Crippen molar-refractivity contribution in [2.75, 3.05) is 0 Å². The van der Waals surface area contributed by atoms with Crippen LogP contribution >= 0.6 is 0 Å². The normalized spacial score (nSPS) is 1.00. The molecule has 0 aromatic rings. The molecule has 4 heteroatoms.